The first-order valence-electron chi connectivity index (χ1n) is 5.64. The van der Waals surface area contributed by atoms with Gasteiger partial charge >= 0.3 is 0 Å². The van der Waals surface area contributed by atoms with E-state index in [2.05, 4.69) is 0 Å². The second kappa shape index (κ2) is 5.41. The molecule has 6 heteroatoms. The zero-order valence-electron chi connectivity index (χ0n) is 9.67. The molecule has 0 aromatic heterocycles. The minimum absolute atomic E-state index is 0.170. The van der Waals surface area contributed by atoms with Crippen LogP contribution in [-0.2, 0) is 11.1 Å². The number of nitrogens with zero attached hydrogens (tertiary/aromatic N) is 1. The number of carbonyl (C=O) groups is 2. The number of rotatable bonds is 5. The molecule has 0 saturated carbocycles. The summed E-state index contributed by atoms with van der Waals surface area (Å²) in [7, 11) is 0. The first-order chi connectivity index (χ1) is 8.61. The highest BCUT2D eigenvalue weighted by atomic mass is 32.2. The molecule has 1 aromatic rings. The lowest BCUT2D eigenvalue weighted by atomic mass is 10.1. The predicted octanol–water partition coefficient (Wildman–Crippen LogP) is 1.28. The number of hydrogen-bond donors (Lipinski definition) is 1. The van der Waals surface area contributed by atoms with Crippen LogP contribution >= 0.6 is 0 Å². The van der Waals surface area contributed by atoms with Gasteiger partial charge < -0.3 is 4.55 Å². The number of hydrogen-bond acceptors (Lipinski definition) is 3. The quantitative estimate of drug-likeness (QED) is 0.495. The standard InChI is InChI=1S/C12H13NO4S/c14-11-9-5-1-2-6-10(9)12(15)13(11)7-3-4-8-18(16)17/h1-2,5-6H,3-4,7-8H2,(H,16,17). The van der Waals surface area contributed by atoms with Gasteiger partial charge in [0.15, 0.2) is 11.1 Å². The molecule has 0 aliphatic carbocycles. The molecule has 1 N–H and O–H groups in total. The molecule has 2 amide bonds. The molecule has 0 fully saturated rings. The van der Waals surface area contributed by atoms with Crippen molar-refractivity contribution >= 4 is 22.9 Å². The van der Waals surface area contributed by atoms with Gasteiger partial charge in [-0.3, -0.25) is 14.5 Å². The molecule has 1 aliphatic heterocycles. The fourth-order valence-corrected chi connectivity index (χ4v) is 2.39. The summed E-state index contributed by atoms with van der Waals surface area (Å²) in [6.07, 6.45) is 1.05. The molecule has 0 radical (unpaired) electrons. The highest BCUT2D eigenvalue weighted by Gasteiger charge is 2.34. The molecule has 1 unspecified atom stereocenters. The minimum Gasteiger partial charge on any atom is -0.306 e. The van der Waals surface area contributed by atoms with E-state index in [1.54, 1.807) is 24.3 Å². The fraction of sp³-hybridized carbons (Fsp3) is 0.333. The molecule has 2 rings (SSSR count). The van der Waals surface area contributed by atoms with E-state index in [0.717, 1.165) is 0 Å². The maximum atomic E-state index is 11.9. The Balaban J connectivity index is 1.99. The average Bonchev–Trinajstić information content (AvgIpc) is 2.59. The van der Waals surface area contributed by atoms with Gasteiger partial charge in [0.25, 0.3) is 11.8 Å². The molecule has 96 valence electrons. The number of imide groups is 1. The van der Waals surface area contributed by atoms with Gasteiger partial charge in [0.2, 0.25) is 0 Å². The van der Waals surface area contributed by atoms with Crippen molar-refractivity contribution in [3.8, 4) is 0 Å². The highest BCUT2D eigenvalue weighted by molar-refractivity contribution is 7.79. The maximum Gasteiger partial charge on any atom is 0.261 e. The molecule has 1 heterocycles. The Hall–Kier alpha value is -1.53. The van der Waals surface area contributed by atoms with Crippen molar-refractivity contribution in [1.29, 1.82) is 0 Å². The van der Waals surface area contributed by atoms with Crippen LogP contribution in [0.4, 0.5) is 0 Å². The van der Waals surface area contributed by atoms with E-state index in [9.17, 15) is 13.8 Å². The monoisotopic (exact) mass is 267 g/mol. The smallest absolute Gasteiger partial charge is 0.261 e. The maximum absolute atomic E-state index is 11.9. The fourth-order valence-electron chi connectivity index (χ4n) is 1.94. The largest absolute Gasteiger partial charge is 0.306 e. The van der Waals surface area contributed by atoms with Crippen LogP contribution in [-0.4, -0.2) is 37.8 Å². The van der Waals surface area contributed by atoms with Crippen LogP contribution in [0.5, 0.6) is 0 Å². The zero-order valence-corrected chi connectivity index (χ0v) is 10.5. The van der Waals surface area contributed by atoms with Crippen molar-refractivity contribution in [3.63, 3.8) is 0 Å². The molecule has 0 spiro atoms. The molecular weight excluding hydrogens is 254 g/mol. The Morgan fingerprint density at radius 1 is 1.06 bits per heavy atom. The van der Waals surface area contributed by atoms with Crippen LogP contribution in [0, 0.1) is 0 Å². The van der Waals surface area contributed by atoms with E-state index in [0.29, 0.717) is 30.5 Å². The Labute approximate surface area is 107 Å². The lowest BCUT2D eigenvalue weighted by Gasteiger charge is -2.12. The van der Waals surface area contributed by atoms with Gasteiger partial charge in [-0.2, -0.15) is 0 Å². The lowest BCUT2D eigenvalue weighted by Crippen LogP contribution is -2.30. The predicted molar refractivity (Wildman–Crippen MR) is 66.7 cm³/mol. The van der Waals surface area contributed by atoms with Gasteiger partial charge in [0.1, 0.15) is 0 Å². The number of fused-ring (bicyclic) bond motifs is 1. The van der Waals surface area contributed by atoms with Crippen molar-refractivity contribution < 1.29 is 18.4 Å². The van der Waals surface area contributed by atoms with Crippen molar-refractivity contribution in [2.75, 3.05) is 12.3 Å². The molecule has 0 bridgehead atoms. The summed E-state index contributed by atoms with van der Waals surface area (Å²) in [6, 6.07) is 6.72. The topological polar surface area (TPSA) is 74.7 Å². The number of unbranched alkanes of at least 4 members (excludes halogenated alkanes) is 1. The van der Waals surface area contributed by atoms with Crippen molar-refractivity contribution in [1.82, 2.24) is 4.90 Å². The van der Waals surface area contributed by atoms with Gasteiger partial charge in [-0.1, -0.05) is 12.1 Å². The Bertz CT molecular complexity index is 480. The van der Waals surface area contributed by atoms with Crippen LogP contribution < -0.4 is 0 Å². The molecule has 1 aromatic carbocycles. The van der Waals surface area contributed by atoms with Gasteiger partial charge in [-0.15, -0.1) is 0 Å². The van der Waals surface area contributed by atoms with E-state index < -0.39 is 11.1 Å². The number of benzene rings is 1. The van der Waals surface area contributed by atoms with Crippen LogP contribution in [0.15, 0.2) is 24.3 Å². The highest BCUT2D eigenvalue weighted by Crippen LogP contribution is 2.22. The Kier molecular flexibility index (Phi) is 3.88. The Morgan fingerprint density at radius 2 is 1.61 bits per heavy atom. The zero-order chi connectivity index (χ0) is 13.1. The summed E-state index contributed by atoms with van der Waals surface area (Å²) < 4.78 is 19.1. The van der Waals surface area contributed by atoms with Crippen molar-refractivity contribution in [3.05, 3.63) is 35.4 Å². The summed E-state index contributed by atoms with van der Waals surface area (Å²) in [6.45, 7) is 0.295. The normalized spacial score (nSPS) is 15.9. The Morgan fingerprint density at radius 3 is 2.11 bits per heavy atom. The van der Waals surface area contributed by atoms with E-state index in [-0.39, 0.29) is 17.6 Å². The summed E-state index contributed by atoms with van der Waals surface area (Å²) in [5.41, 5.74) is 0.876. The average molecular weight is 267 g/mol. The number of amides is 2. The summed E-state index contributed by atoms with van der Waals surface area (Å²) in [4.78, 5) is 25.1. The molecule has 1 aliphatic rings. The van der Waals surface area contributed by atoms with E-state index in [1.165, 1.54) is 4.90 Å². The molecule has 18 heavy (non-hydrogen) atoms. The molecule has 0 saturated heterocycles. The van der Waals surface area contributed by atoms with Gasteiger partial charge in [-0.05, 0) is 25.0 Å². The van der Waals surface area contributed by atoms with Crippen LogP contribution in [0.2, 0.25) is 0 Å². The van der Waals surface area contributed by atoms with Crippen LogP contribution in [0.3, 0.4) is 0 Å². The summed E-state index contributed by atoms with van der Waals surface area (Å²) >= 11 is -1.81. The van der Waals surface area contributed by atoms with E-state index in [1.807, 2.05) is 0 Å². The minimum atomic E-state index is -1.81. The first kappa shape index (κ1) is 12.9. The van der Waals surface area contributed by atoms with Gasteiger partial charge in [0, 0.05) is 12.3 Å². The van der Waals surface area contributed by atoms with Gasteiger partial charge in [-0.25, -0.2) is 4.21 Å². The SMILES string of the molecule is O=C1c2ccccc2C(=O)N1CCCCS(=O)O. The van der Waals surface area contributed by atoms with Gasteiger partial charge in [0.05, 0.1) is 11.1 Å². The first-order valence-corrected chi connectivity index (χ1v) is 6.91. The second-order valence-electron chi connectivity index (χ2n) is 4.04. The summed E-state index contributed by atoms with van der Waals surface area (Å²) in [5.74, 6) is -0.384. The third kappa shape index (κ3) is 2.49. The number of carbonyl (C=O) groups excluding carboxylic acids is 2. The van der Waals surface area contributed by atoms with E-state index in [4.69, 9.17) is 4.55 Å². The van der Waals surface area contributed by atoms with Crippen molar-refractivity contribution in [2.24, 2.45) is 0 Å². The molecular formula is C12H13NO4S. The third-order valence-corrected chi connectivity index (χ3v) is 3.47. The summed E-state index contributed by atoms with van der Waals surface area (Å²) in [5, 5.41) is 0. The van der Waals surface area contributed by atoms with E-state index >= 15 is 0 Å². The van der Waals surface area contributed by atoms with Crippen LogP contribution in [0.25, 0.3) is 0 Å². The van der Waals surface area contributed by atoms with Crippen molar-refractivity contribution in [2.45, 2.75) is 12.8 Å². The van der Waals surface area contributed by atoms with Crippen LogP contribution in [0.1, 0.15) is 33.6 Å². The molecule has 5 nitrogen and oxygen atoms in total. The second-order valence-corrected chi connectivity index (χ2v) is 5.09. The lowest BCUT2D eigenvalue weighted by molar-refractivity contribution is 0.0652. The molecule has 1 atom stereocenters. The third-order valence-electron chi connectivity index (χ3n) is 2.83.